The number of likely N-dealkylation sites (N-methyl/N-ethyl adjacent to an activating group) is 1. The number of amides is 1. The molecule has 1 aromatic carbocycles. The topological polar surface area (TPSA) is 70.6 Å². The molecule has 0 aliphatic heterocycles. The lowest BCUT2D eigenvalue weighted by Crippen LogP contribution is -2.34. The van der Waals surface area contributed by atoms with Crippen molar-refractivity contribution in [1.29, 1.82) is 0 Å². The molecule has 0 heterocycles. The highest BCUT2D eigenvalue weighted by atomic mass is 35.5. The fraction of sp³-hybridized carbons (Fsp3) is 0.417. The highest BCUT2D eigenvalue weighted by Gasteiger charge is 2.09. The molecule has 0 aromatic heterocycles. The molecule has 0 spiro atoms. The maximum absolute atomic E-state index is 11.2. The number of nitrogens with one attached hydrogen (secondary N) is 2. The Morgan fingerprint density at radius 2 is 2.22 bits per heavy atom. The standard InChI is InChI=1S/C12H18N2O3.ClH/c1-13-8-12(16)14-7-11(15)9-4-3-5-10(6-9)17-2;/h3-6,11,13,15H,7-8H2,1-2H3,(H,14,16);1H. The summed E-state index contributed by atoms with van der Waals surface area (Å²) >= 11 is 0. The molecule has 0 fully saturated rings. The Labute approximate surface area is 113 Å². The van der Waals surface area contributed by atoms with Gasteiger partial charge in [-0.05, 0) is 24.7 Å². The van der Waals surface area contributed by atoms with Crippen LogP contribution in [0.2, 0.25) is 0 Å². The van der Waals surface area contributed by atoms with Crippen LogP contribution >= 0.6 is 12.4 Å². The van der Waals surface area contributed by atoms with Gasteiger partial charge in [-0.2, -0.15) is 0 Å². The first-order valence-corrected chi connectivity index (χ1v) is 5.40. The lowest BCUT2D eigenvalue weighted by molar-refractivity contribution is -0.120. The Balaban J connectivity index is 0.00000289. The maximum atomic E-state index is 11.2. The lowest BCUT2D eigenvalue weighted by atomic mass is 10.1. The summed E-state index contributed by atoms with van der Waals surface area (Å²) in [5.41, 5.74) is 0.717. The highest BCUT2D eigenvalue weighted by molar-refractivity contribution is 5.85. The molecule has 102 valence electrons. The minimum Gasteiger partial charge on any atom is -0.497 e. The van der Waals surface area contributed by atoms with Crippen LogP contribution in [0.25, 0.3) is 0 Å². The van der Waals surface area contributed by atoms with E-state index in [0.29, 0.717) is 11.3 Å². The minimum absolute atomic E-state index is 0. The zero-order valence-electron chi connectivity index (χ0n) is 10.5. The third kappa shape index (κ3) is 5.35. The van der Waals surface area contributed by atoms with E-state index in [-0.39, 0.29) is 31.4 Å². The van der Waals surface area contributed by atoms with Gasteiger partial charge in [-0.25, -0.2) is 0 Å². The number of aliphatic hydroxyl groups excluding tert-OH is 1. The fourth-order valence-corrected chi connectivity index (χ4v) is 1.40. The van der Waals surface area contributed by atoms with Crippen molar-refractivity contribution in [1.82, 2.24) is 10.6 Å². The van der Waals surface area contributed by atoms with Gasteiger partial charge in [-0.3, -0.25) is 4.79 Å². The smallest absolute Gasteiger partial charge is 0.234 e. The zero-order chi connectivity index (χ0) is 12.7. The van der Waals surface area contributed by atoms with Crippen LogP contribution in [0.4, 0.5) is 0 Å². The predicted molar refractivity (Wildman–Crippen MR) is 72.1 cm³/mol. The van der Waals surface area contributed by atoms with E-state index in [1.54, 1.807) is 38.4 Å². The minimum atomic E-state index is -0.731. The SMILES string of the molecule is CNCC(=O)NCC(O)c1cccc(OC)c1.Cl. The summed E-state index contributed by atoms with van der Waals surface area (Å²) < 4.78 is 5.06. The molecule has 0 saturated carbocycles. The van der Waals surface area contributed by atoms with Crippen molar-refractivity contribution >= 4 is 18.3 Å². The van der Waals surface area contributed by atoms with Crippen LogP contribution in [0.5, 0.6) is 5.75 Å². The van der Waals surface area contributed by atoms with Gasteiger partial charge in [0, 0.05) is 6.54 Å². The van der Waals surface area contributed by atoms with Gasteiger partial charge in [0.15, 0.2) is 0 Å². The first kappa shape index (κ1) is 16.7. The third-order valence-corrected chi connectivity index (χ3v) is 2.31. The van der Waals surface area contributed by atoms with Crippen LogP contribution in [0.3, 0.4) is 0 Å². The Hall–Kier alpha value is -1.30. The number of benzene rings is 1. The first-order chi connectivity index (χ1) is 8.17. The second-order valence-electron chi connectivity index (χ2n) is 3.63. The van der Waals surface area contributed by atoms with Crippen LogP contribution in [0.15, 0.2) is 24.3 Å². The average molecular weight is 275 g/mol. The van der Waals surface area contributed by atoms with Crippen LogP contribution in [-0.4, -0.2) is 38.3 Å². The first-order valence-electron chi connectivity index (χ1n) is 5.40. The number of ether oxygens (including phenoxy) is 1. The fourth-order valence-electron chi connectivity index (χ4n) is 1.40. The van der Waals surface area contributed by atoms with Gasteiger partial charge in [0.1, 0.15) is 5.75 Å². The highest BCUT2D eigenvalue weighted by Crippen LogP contribution is 2.18. The van der Waals surface area contributed by atoms with E-state index in [0.717, 1.165) is 0 Å². The molecule has 18 heavy (non-hydrogen) atoms. The number of halogens is 1. The molecule has 1 aromatic rings. The summed E-state index contributed by atoms with van der Waals surface area (Å²) in [6.07, 6.45) is -0.731. The maximum Gasteiger partial charge on any atom is 0.234 e. The van der Waals surface area contributed by atoms with Gasteiger partial charge >= 0.3 is 0 Å². The average Bonchev–Trinajstić information content (AvgIpc) is 2.36. The molecular formula is C12H19ClN2O3. The van der Waals surface area contributed by atoms with Gasteiger partial charge < -0.3 is 20.5 Å². The van der Waals surface area contributed by atoms with Gasteiger partial charge in [0.25, 0.3) is 0 Å². The van der Waals surface area contributed by atoms with E-state index in [4.69, 9.17) is 4.74 Å². The molecule has 0 saturated heterocycles. The molecule has 0 aliphatic rings. The van der Waals surface area contributed by atoms with Gasteiger partial charge in [-0.1, -0.05) is 12.1 Å². The van der Waals surface area contributed by atoms with E-state index in [9.17, 15) is 9.90 Å². The normalized spacial score (nSPS) is 11.3. The van der Waals surface area contributed by atoms with Crippen molar-refractivity contribution in [2.24, 2.45) is 0 Å². The summed E-state index contributed by atoms with van der Waals surface area (Å²) in [4.78, 5) is 11.2. The van der Waals surface area contributed by atoms with Crippen LogP contribution < -0.4 is 15.4 Å². The molecule has 1 rings (SSSR count). The Bertz CT molecular complexity index is 374. The number of carbonyl (C=O) groups excluding carboxylic acids is 1. The van der Waals surface area contributed by atoms with Crippen molar-refractivity contribution in [2.75, 3.05) is 27.2 Å². The molecular weight excluding hydrogens is 256 g/mol. The molecule has 1 atom stereocenters. The van der Waals surface area contributed by atoms with E-state index in [1.165, 1.54) is 0 Å². The molecule has 0 aliphatic carbocycles. The molecule has 6 heteroatoms. The number of hydrogen-bond donors (Lipinski definition) is 3. The zero-order valence-corrected chi connectivity index (χ0v) is 11.3. The Morgan fingerprint density at radius 3 is 2.83 bits per heavy atom. The Morgan fingerprint density at radius 1 is 1.50 bits per heavy atom. The molecule has 0 radical (unpaired) electrons. The summed E-state index contributed by atoms with van der Waals surface area (Å²) in [5, 5.41) is 15.2. The van der Waals surface area contributed by atoms with Crippen LogP contribution in [-0.2, 0) is 4.79 Å². The van der Waals surface area contributed by atoms with E-state index < -0.39 is 6.10 Å². The number of hydrogen-bond acceptors (Lipinski definition) is 4. The number of carbonyl (C=O) groups is 1. The van der Waals surface area contributed by atoms with Gasteiger partial charge in [0.2, 0.25) is 5.91 Å². The summed E-state index contributed by atoms with van der Waals surface area (Å²) in [6, 6.07) is 7.13. The van der Waals surface area contributed by atoms with Gasteiger partial charge in [0.05, 0.1) is 19.8 Å². The lowest BCUT2D eigenvalue weighted by Gasteiger charge is -2.13. The van der Waals surface area contributed by atoms with Crippen molar-refractivity contribution in [3.63, 3.8) is 0 Å². The molecule has 3 N–H and O–H groups in total. The van der Waals surface area contributed by atoms with Crippen molar-refractivity contribution in [3.8, 4) is 5.75 Å². The third-order valence-electron chi connectivity index (χ3n) is 2.31. The van der Waals surface area contributed by atoms with E-state index in [2.05, 4.69) is 10.6 Å². The van der Waals surface area contributed by atoms with Crippen molar-refractivity contribution < 1.29 is 14.6 Å². The quantitative estimate of drug-likeness (QED) is 0.706. The van der Waals surface area contributed by atoms with Crippen LogP contribution in [0, 0.1) is 0 Å². The Kier molecular flexibility index (Phi) is 8.11. The monoisotopic (exact) mass is 274 g/mol. The summed E-state index contributed by atoms with van der Waals surface area (Å²) in [7, 11) is 3.26. The molecule has 0 bridgehead atoms. The predicted octanol–water partition coefficient (Wildman–Crippen LogP) is 0.486. The molecule has 1 amide bonds. The van der Waals surface area contributed by atoms with Crippen LogP contribution in [0.1, 0.15) is 11.7 Å². The molecule has 1 unspecified atom stereocenters. The summed E-state index contributed by atoms with van der Waals surface area (Å²) in [5.74, 6) is 0.539. The second-order valence-corrected chi connectivity index (χ2v) is 3.63. The van der Waals surface area contributed by atoms with Crippen molar-refractivity contribution in [3.05, 3.63) is 29.8 Å². The second kappa shape index (κ2) is 8.74. The van der Waals surface area contributed by atoms with Gasteiger partial charge in [-0.15, -0.1) is 12.4 Å². The number of rotatable bonds is 6. The largest absolute Gasteiger partial charge is 0.497 e. The summed E-state index contributed by atoms with van der Waals surface area (Å²) in [6.45, 7) is 0.429. The molecule has 5 nitrogen and oxygen atoms in total. The van der Waals surface area contributed by atoms with E-state index in [1.807, 2.05) is 0 Å². The number of aliphatic hydroxyl groups is 1. The van der Waals surface area contributed by atoms with E-state index >= 15 is 0 Å². The van der Waals surface area contributed by atoms with Crippen molar-refractivity contribution in [2.45, 2.75) is 6.10 Å². The number of methoxy groups -OCH3 is 1.